The van der Waals surface area contributed by atoms with Crippen molar-refractivity contribution in [3.8, 4) is 11.5 Å². The Morgan fingerprint density at radius 2 is 1.96 bits per heavy atom. The van der Waals surface area contributed by atoms with Gasteiger partial charge in [0, 0.05) is 17.9 Å². The van der Waals surface area contributed by atoms with Crippen molar-refractivity contribution in [1.82, 2.24) is 4.98 Å². The van der Waals surface area contributed by atoms with Crippen LogP contribution in [0, 0.1) is 5.82 Å². The van der Waals surface area contributed by atoms with Crippen LogP contribution in [0.1, 0.15) is 16.3 Å². The van der Waals surface area contributed by atoms with Gasteiger partial charge in [0.05, 0.1) is 17.8 Å². The molecule has 1 heterocycles. The van der Waals surface area contributed by atoms with Gasteiger partial charge in [-0.05, 0) is 17.7 Å². The van der Waals surface area contributed by atoms with Crippen LogP contribution in [0.25, 0.3) is 0 Å². The van der Waals surface area contributed by atoms with E-state index in [1.807, 2.05) is 23.6 Å². The number of methoxy groups -OCH3 is 1. The standard InChI is InChI=1S/C18H16FNO2S/c1-21-17-8-7-15(10-16(17)19)22-11-14-12-23-18(20-14)9-13-5-3-2-4-6-13/h2-8,10,12H,9,11H2,1H3. The molecule has 0 aliphatic rings. The first-order valence-corrected chi connectivity index (χ1v) is 8.06. The molecule has 0 aliphatic heterocycles. The molecule has 0 spiro atoms. The van der Waals surface area contributed by atoms with E-state index in [4.69, 9.17) is 9.47 Å². The first-order chi connectivity index (χ1) is 11.2. The highest BCUT2D eigenvalue weighted by atomic mass is 32.1. The van der Waals surface area contributed by atoms with Crippen LogP contribution < -0.4 is 9.47 Å². The van der Waals surface area contributed by atoms with Crippen LogP contribution in [0.4, 0.5) is 4.39 Å². The molecule has 0 amide bonds. The van der Waals surface area contributed by atoms with Gasteiger partial charge in [0.25, 0.3) is 0 Å². The SMILES string of the molecule is COc1ccc(OCc2csc(Cc3ccccc3)n2)cc1F. The summed E-state index contributed by atoms with van der Waals surface area (Å²) in [5, 5.41) is 3.01. The fraction of sp³-hybridized carbons (Fsp3) is 0.167. The highest BCUT2D eigenvalue weighted by molar-refractivity contribution is 7.09. The lowest BCUT2D eigenvalue weighted by Crippen LogP contribution is -1.97. The van der Waals surface area contributed by atoms with Crippen LogP contribution in [-0.2, 0) is 13.0 Å². The van der Waals surface area contributed by atoms with Gasteiger partial charge in [0.1, 0.15) is 12.4 Å². The molecule has 3 aromatic rings. The van der Waals surface area contributed by atoms with Gasteiger partial charge in [0.2, 0.25) is 0 Å². The molecule has 0 atom stereocenters. The van der Waals surface area contributed by atoms with Gasteiger partial charge < -0.3 is 9.47 Å². The molecule has 0 unspecified atom stereocenters. The summed E-state index contributed by atoms with van der Waals surface area (Å²) in [6.45, 7) is 0.317. The topological polar surface area (TPSA) is 31.4 Å². The number of hydrogen-bond acceptors (Lipinski definition) is 4. The maximum absolute atomic E-state index is 13.6. The summed E-state index contributed by atoms with van der Waals surface area (Å²) < 4.78 is 24.1. The van der Waals surface area contributed by atoms with Crippen LogP contribution >= 0.6 is 11.3 Å². The zero-order chi connectivity index (χ0) is 16.1. The molecule has 0 fully saturated rings. The van der Waals surface area contributed by atoms with E-state index in [2.05, 4.69) is 17.1 Å². The monoisotopic (exact) mass is 329 g/mol. The second kappa shape index (κ2) is 7.24. The largest absolute Gasteiger partial charge is 0.494 e. The Morgan fingerprint density at radius 3 is 2.70 bits per heavy atom. The average Bonchev–Trinajstić information content (AvgIpc) is 3.01. The average molecular weight is 329 g/mol. The van der Waals surface area contributed by atoms with Gasteiger partial charge in [-0.3, -0.25) is 0 Å². The minimum Gasteiger partial charge on any atom is -0.494 e. The van der Waals surface area contributed by atoms with E-state index in [9.17, 15) is 4.39 Å². The van der Waals surface area contributed by atoms with Gasteiger partial charge in [-0.15, -0.1) is 11.3 Å². The van der Waals surface area contributed by atoms with Gasteiger partial charge >= 0.3 is 0 Å². The number of thiazole rings is 1. The third kappa shape index (κ3) is 4.07. The van der Waals surface area contributed by atoms with Crippen molar-refractivity contribution in [1.29, 1.82) is 0 Å². The zero-order valence-electron chi connectivity index (χ0n) is 12.7. The number of rotatable bonds is 6. The third-order valence-electron chi connectivity index (χ3n) is 3.31. The van der Waals surface area contributed by atoms with E-state index in [0.717, 1.165) is 17.1 Å². The molecule has 23 heavy (non-hydrogen) atoms. The third-order valence-corrected chi connectivity index (χ3v) is 4.21. The molecule has 2 aromatic carbocycles. The van der Waals surface area contributed by atoms with Crippen molar-refractivity contribution in [2.45, 2.75) is 13.0 Å². The molecule has 0 radical (unpaired) electrons. The molecular weight excluding hydrogens is 313 g/mol. The van der Waals surface area contributed by atoms with E-state index >= 15 is 0 Å². The predicted molar refractivity (Wildman–Crippen MR) is 88.6 cm³/mol. The summed E-state index contributed by atoms with van der Waals surface area (Å²) >= 11 is 1.60. The maximum Gasteiger partial charge on any atom is 0.168 e. The summed E-state index contributed by atoms with van der Waals surface area (Å²) in [6, 6.07) is 14.7. The minimum atomic E-state index is -0.437. The number of hydrogen-bond donors (Lipinski definition) is 0. The summed E-state index contributed by atoms with van der Waals surface area (Å²) in [7, 11) is 1.43. The fourth-order valence-electron chi connectivity index (χ4n) is 2.16. The van der Waals surface area contributed by atoms with E-state index in [1.165, 1.54) is 18.7 Å². The second-order valence-electron chi connectivity index (χ2n) is 4.98. The number of ether oxygens (including phenoxy) is 2. The Hall–Kier alpha value is -2.40. The Bertz CT molecular complexity index is 774. The van der Waals surface area contributed by atoms with Crippen molar-refractivity contribution < 1.29 is 13.9 Å². The number of nitrogens with zero attached hydrogens (tertiary/aromatic N) is 1. The zero-order valence-corrected chi connectivity index (χ0v) is 13.5. The molecule has 1 aromatic heterocycles. The Kier molecular flexibility index (Phi) is 4.88. The molecule has 3 nitrogen and oxygen atoms in total. The Labute approximate surface area is 138 Å². The highest BCUT2D eigenvalue weighted by Crippen LogP contribution is 2.23. The number of benzene rings is 2. The van der Waals surface area contributed by atoms with E-state index in [0.29, 0.717) is 12.4 Å². The summed E-state index contributed by atoms with van der Waals surface area (Å²) in [6.07, 6.45) is 0.808. The van der Waals surface area contributed by atoms with Gasteiger partial charge in [-0.2, -0.15) is 0 Å². The molecule has 0 N–H and O–H groups in total. The Balaban J connectivity index is 1.60. The van der Waals surface area contributed by atoms with Crippen molar-refractivity contribution in [2.75, 3.05) is 7.11 Å². The smallest absolute Gasteiger partial charge is 0.168 e. The van der Waals surface area contributed by atoms with Crippen LogP contribution in [-0.4, -0.2) is 12.1 Å². The van der Waals surface area contributed by atoms with Crippen molar-refractivity contribution >= 4 is 11.3 Å². The lowest BCUT2D eigenvalue weighted by molar-refractivity contribution is 0.298. The molecule has 0 saturated heterocycles. The molecular formula is C18H16FNO2S. The first-order valence-electron chi connectivity index (χ1n) is 7.18. The lowest BCUT2D eigenvalue weighted by Gasteiger charge is -2.06. The van der Waals surface area contributed by atoms with Crippen LogP contribution in [0.3, 0.4) is 0 Å². The molecule has 5 heteroatoms. The van der Waals surface area contributed by atoms with E-state index in [1.54, 1.807) is 23.5 Å². The number of aromatic nitrogens is 1. The fourth-order valence-corrected chi connectivity index (χ4v) is 2.97. The molecule has 0 saturated carbocycles. The second-order valence-corrected chi connectivity index (χ2v) is 5.92. The Morgan fingerprint density at radius 1 is 1.13 bits per heavy atom. The highest BCUT2D eigenvalue weighted by Gasteiger charge is 2.07. The number of halogens is 1. The minimum absolute atomic E-state index is 0.205. The van der Waals surface area contributed by atoms with Crippen molar-refractivity contribution in [3.63, 3.8) is 0 Å². The van der Waals surface area contributed by atoms with Crippen LogP contribution in [0.15, 0.2) is 53.9 Å². The molecule has 0 bridgehead atoms. The first kappa shape index (κ1) is 15.5. The quantitative estimate of drug-likeness (QED) is 0.669. The summed E-state index contributed by atoms with van der Waals surface area (Å²) in [4.78, 5) is 4.55. The van der Waals surface area contributed by atoms with Gasteiger partial charge in [-0.25, -0.2) is 9.37 Å². The van der Waals surface area contributed by atoms with Gasteiger partial charge in [-0.1, -0.05) is 30.3 Å². The van der Waals surface area contributed by atoms with E-state index < -0.39 is 5.82 Å². The predicted octanol–water partition coefficient (Wildman–Crippen LogP) is 4.46. The van der Waals surface area contributed by atoms with Crippen LogP contribution in [0.5, 0.6) is 11.5 Å². The van der Waals surface area contributed by atoms with E-state index in [-0.39, 0.29) is 5.75 Å². The normalized spacial score (nSPS) is 10.5. The van der Waals surface area contributed by atoms with Gasteiger partial charge in [0.15, 0.2) is 11.6 Å². The molecule has 0 aliphatic carbocycles. The summed E-state index contributed by atoms with van der Waals surface area (Å²) in [5.74, 6) is 0.227. The summed E-state index contributed by atoms with van der Waals surface area (Å²) in [5.41, 5.74) is 2.07. The molecule has 118 valence electrons. The maximum atomic E-state index is 13.6. The van der Waals surface area contributed by atoms with Crippen LogP contribution in [0.2, 0.25) is 0 Å². The molecule has 3 rings (SSSR count). The van der Waals surface area contributed by atoms with Crippen molar-refractivity contribution in [3.05, 3.63) is 76.0 Å². The lowest BCUT2D eigenvalue weighted by atomic mass is 10.2. The van der Waals surface area contributed by atoms with Crippen molar-refractivity contribution in [2.24, 2.45) is 0 Å².